The summed E-state index contributed by atoms with van der Waals surface area (Å²) in [5.74, 6) is 0.586. The van der Waals surface area contributed by atoms with Crippen molar-refractivity contribution >= 4 is 23.5 Å². The molecular weight excluding hydrogens is 238 g/mol. The fraction of sp³-hybridized carbons (Fsp3) is 0.545. The van der Waals surface area contributed by atoms with Crippen molar-refractivity contribution in [1.29, 1.82) is 0 Å². The zero-order valence-corrected chi connectivity index (χ0v) is 10.2. The molecule has 0 saturated carbocycles. The molecule has 17 heavy (non-hydrogen) atoms. The van der Waals surface area contributed by atoms with E-state index in [4.69, 9.17) is 5.11 Å². The normalized spacial score (nSPS) is 19.9. The predicted molar refractivity (Wildman–Crippen MR) is 67.6 cm³/mol. The molecule has 0 radical (unpaired) electrons. The number of hydrogen-bond acceptors (Lipinski definition) is 5. The van der Waals surface area contributed by atoms with Gasteiger partial charge >= 0.3 is 5.97 Å². The predicted octanol–water partition coefficient (Wildman–Crippen LogP) is 1.87. The number of aromatic nitrogens is 2. The van der Waals surface area contributed by atoms with Crippen molar-refractivity contribution in [1.82, 2.24) is 10.2 Å². The number of nitrogens with one attached hydrogen (secondary N) is 1. The molecule has 6 heteroatoms. The lowest BCUT2D eigenvalue weighted by atomic mass is 10.2. The smallest absolute Gasteiger partial charge is 0.339 e. The van der Waals surface area contributed by atoms with Crippen molar-refractivity contribution in [3.8, 4) is 0 Å². The number of carboxylic acids is 1. The summed E-state index contributed by atoms with van der Waals surface area (Å²) in [6, 6.07) is 1.46. The number of nitrogens with zero attached hydrogens (tertiary/aromatic N) is 2. The molecule has 2 rings (SSSR count). The van der Waals surface area contributed by atoms with Crippen LogP contribution in [-0.2, 0) is 0 Å². The molecule has 2 heterocycles. The van der Waals surface area contributed by atoms with Crippen molar-refractivity contribution in [3.05, 3.63) is 17.8 Å². The molecule has 1 aromatic heterocycles. The Morgan fingerprint density at radius 3 is 3.18 bits per heavy atom. The largest absolute Gasteiger partial charge is 0.478 e. The quantitative estimate of drug-likeness (QED) is 0.853. The van der Waals surface area contributed by atoms with Gasteiger partial charge in [-0.2, -0.15) is 16.9 Å². The Balaban J connectivity index is 1.96. The first-order valence-corrected chi connectivity index (χ1v) is 6.72. The number of thioether (sulfide) groups is 1. The van der Waals surface area contributed by atoms with Crippen molar-refractivity contribution in [2.45, 2.75) is 24.5 Å². The number of rotatable bonds is 4. The van der Waals surface area contributed by atoms with Crippen LogP contribution in [0, 0.1) is 0 Å². The first kappa shape index (κ1) is 12.2. The summed E-state index contributed by atoms with van der Waals surface area (Å²) in [6.07, 6.45) is 5.11. The van der Waals surface area contributed by atoms with Gasteiger partial charge in [-0.1, -0.05) is 6.42 Å². The fourth-order valence-corrected chi connectivity index (χ4v) is 3.05. The van der Waals surface area contributed by atoms with Crippen molar-refractivity contribution in [2.75, 3.05) is 17.6 Å². The van der Waals surface area contributed by atoms with Gasteiger partial charge in [0, 0.05) is 11.8 Å². The number of aromatic carboxylic acids is 1. The zero-order chi connectivity index (χ0) is 12.1. The standard InChI is InChI=1S/C11H15N3O2S/c15-11(16)9-4-5-13-14-10(9)12-7-8-3-1-2-6-17-8/h4-5,8H,1-3,6-7H2,(H,12,14)(H,15,16). The maximum Gasteiger partial charge on any atom is 0.339 e. The first-order chi connectivity index (χ1) is 8.27. The monoisotopic (exact) mass is 253 g/mol. The van der Waals surface area contributed by atoms with Crippen LogP contribution in [-0.4, -0.2) is 38.8 Å². The second-order valence-corrected chi connectivity index (χ2v) is 5.38. The summed E-state index contributed by atoms with van der Waals surface area (Å²) < 4.78 is 0. The molecule has 1 aromatic rings. The van der Waals surface area contributed by atoms with Gasteiger partial charge in [-0.15, -0.1) is 5.10 Å². The van der Waals surface area contributed by atoms with Gasteiger partial charge in [0.2, 0.25) is 0 Å². The highest BCUT2D eigenvalue weighted by atomic mass is 32.2. The molecule has 1 fully saturated rings. The summed E-state index contributed by atoms with van der Waals surface area (Å²) in [6.45, 7) is 0.754. The molecule has 5 nitrogen and oxygen atoms in total. The van der Waals surface area contributed by atoms with Gasteiger partial charge in [-0.3, -0.25) is 0 Å². The average molecular weight is 253 g/mol. The molecule has 0 bridgehead atoms. The molecule has 0 aromatic carbocycles. The lowest BCUT2D eigenvalue weighted by Crippen LogP contribution is -2.21. The van der Waals surface area contributed by atoms with Crippen LogP contribution in [0.2, 0.25) is 0 Å². The molecule has 2 N–H and O–H groups in total. The Kier molecular flexibility index (Phi) is 4.19. The summed E-state index contributed by atoms with van der Waals surface area (Å²) in [5, 5.41) is 20.2. The van der Waals surface area contributed by atoms with Crippen LogP contribution in [0.3, 0.4) is 0 Å². The van der Waals surface area contributed by atoms with E-state index in [1.807, 2.05) is 11.8 Å². The topological polar surface area (TPSA) is 75.1 Å². The number of anilines is 1. The molecule has 0 spiro atoms. The third-order valence-corrected chi connectivity index (χ3v) is 4.12. The lowest BCUT2D eigenvalue weighted by molar-refractivity contribution is 0.0697. The van der Waals surface area contributed by atoms with E-state index in [0.29, 0.717) is 11.1 Å². The van der Waals surface area contributed by atoms with E-state index < -0.39 is 5.97 Å². The van der Waals surface area contributed by atoms with Crippen LogP contribution in [0.4, 0.5) is 5.82 Å². The van der Waals surface area contributed by atoms with E-state index in [9.17, 15) is 4.79 Å². The highest BCUT2D eigenvalue weighted by Gasteiger charge is 2.16. The van der Waals surface area contributed by atoms with E-state index in [0.717, 1.165) is 6.54 Å². The van der Waals surface area contributed by atoms with E-state index in [1.165, 1.54) is 37.3 Å². The van der Waals surface area contributed by atoms with E-state index in [2.05, 4.69) is 15.5 Å². The van der Waals surface area contributed by atoms with Gasteiger partial charge < -0.3 is 10.4 Å². The molecule has 92 valence electrons. The van der Waals surface area contributed by atoms with Crippen LogP contribution in [0.15, 0.2) is 12.3 Å². The SMILES string of the molecule is O=C(O)c1ccnnc1NCC1CCCCS1. The maximum atomic E-state index is 11.0. The molecule has 0 amide bonds. The van der Waals surface area contributed by atoms with Gasteiger partial charge in [-0.25, -0.2) is 4.79 Å². The van der Waals surface area contributed by atoms with Gasteiger partial charge in [0.05, 0.1) is 6.20 Å². The maximum absolute atomic E-state index is 11.0. The van der Waals surface area contributed by atoms with Crippen LogP contribution in [0.5, 0.6) is 0 Å². The second-order valence-electron chi connectivity index (χ2n) is 3.97. The minimum Gasteiger partial charge on any atom is -0.478 e. The van der Waals surface area contributed by atoms with Crippen LogP contribution in [0.1, 0.15) is 29.6 Å². The van der Waals surface area contributed by atoms with Crippen molar-refractivity contribution < 1.29 is 9.90 Å². The summed E-state index contributed by atoms with van der Waals surface area (Å²) in [7, 11) is 0. The number of carboxylic acid groups (broad SMARTS) is 1. The molecule has 1 aliphatic heterocycles. The molecular formula is C11H15N3O2S. The van der Waals surface area contributed by atoms with Gasteiger partial charge in [0.1, 0.15) is 5.56 Å². The van der Waals surface area contributed by atoms with E-state index >= 15 is 0 Å². The second kappa shape index (κ2) is 5.86. The molecule has 0 aliphatic carbocycles. The van der Waals surface area contributed by atoms with Gasteiger partial charge in [0.15, 0.2) is 5.82 Å². The highest BCUT2D eigenvalue weighted by Crippen LogP contribution is 2.25. The fourth-order valence-electron chi connectivity index (χ4n) is 1.81. The number of hydrogen-bond donors (Lipinski definition) is 2. The van der Waals surface area contributed by atoms with Gasteiger partial charge in [0.25, 0.3) is 0 Å². The van der Waals surface area contributed by atoms with Crippen molar-refractivity contribution in [2.24, 2.45) is 0 Å². The average Bonchev–Trinajstić information content (AvgIpc) is 2.38. The Labute approximate surface area is 104 Å². The number of carbonyl (C=O) groups is 1. The summed E-state index contributed by atoms with van der Waals surface area (Å²) in [4.78, 5) is 11.0. The van der Waals surface area contributed by atoms with E-state index in [1.54, 1.807) is 0 Å². The third-order valence-electron chi connectivity index (χ3n) is 2.72. The third kappa shape index (κ3) is 3.33. The minimum atomic E-state index is -0.973. The van der Waals surface area contributed by atoms with Crippen LogP contribution < -0.4 is 5.32 Å². The summed E-state index contributed by atoms with van der Waals surface area (Å²) in [5.41, 5.74) is 0.181. The minimum absolute atomic E-state index is 0.181. The zero-order valence-electron chi connectivity index (χ0n) is 9.43. The van der Waals surface area contributed by atoms with Crippen molar-refractivity contribution in [3.63, 3.8) is 0 Å². The molecule has 1 unspecified atom stereocenters. The molecule has 1 atom stereocenters. The van der Waals surface area contributed by atoms with Crippen LogP contribution in [0.25, 0.3) is 0 Å². The Morgan fingerprint density at radius 2 is 2.47 bits per heavy atom. The molecule has 1 aliphatic rings. The highest BCUT2D eigenvalue weighted by molar-refractivity contribution is 7.99. The van der Waals surface area contributed by atoms with Crippen LogP contribution >= 0.6 is 11.8 Å². The van der Waals surface area contributed by atoms with E-state index in [-0.39, 0.29) is 5.56 Å². The molecule has 1 saturated heterocycles. The van der Waals surface area contributed by atoms with Gasteiger partial charge in [-0.05, 0) is 24.7 Å². The summed E-state index contributed by atoms with van der Waals surface area (Å²) >= 11 is 1.94. The Bertz CT molecular complexity index is 394. The first-order valence-electron chi connectivity index (χ1n) is 5.68. The Morgan fingerprint density at radius 1 is 1.59 bits per heavy atom. The Hall–Kier alpha value is -1.30. The lowest BCUT2D eigenvalue weighted by Gasteiger charge is -2.21.